The molecule has 1 saturated heterocycles. The lowest BCUT2D eigenvalue weighted by Crippen LogP contribution is -2.38. The number of carbonyl (C=O) groups excluding carboxylic acids is 3. The zero-order valence-corrected chi connectivity index (χ0v) is 9.11. The second-order valence-electron chi connectivity index (χ2n) is 3.62. The van der Waals surface area contributed by atoms with Gasteiger partial charge in [0, 0.05) is 11.8 Å². The maximum atomic E-state index is 11.5. The second kappa shape index (κ2) is 4.24. The molecule has 0 bridgehead atoms. The average molecular weight is 237 g/mol. The number of urea groups is 1. The van der Waals surface area contributed by atoms with Gasteiger partial charge in [0.15, 0.2) is 5.82 Å². The molecule has 2 heterocycles. The Morgan fingerprint density at radius 2 is 2.35 bits per heavy atom. The number of hydrogen-bond donors (Lipinski definition) is 3. The highest BCUT2D eigenvalue weighted by Gasteiger charge is 2.30. The first kappa shape index (κ1) is 11.1. The Morgan fingerprint density at radius 1 is 1.59 bits per heavy atom. The molecule has 0 spiro atoms. The number of imide groups is 1. The van der Waals surface area contributed by atoms with Crippen molar-refractivity contribution in [2.75, 3.05) is 18.4 Å². The molecule has 0 aromatic carbocycles. The van der Waals surface area contributed by atoms with Crippen molar-refractivity contribution in [1.29, 1.82) is 0 Å². The zero-order chi connectivity index (χ0) is 12.4. The van der Waals surface area contributed by atoms with E-state index in [4.69, 9.17) is 0 Å². The van der Waals surface area contributed by atoms with Crippen LogP contribution in [-0.2, 0) is 9.59 Å². The van der Waals surface area contributed by atoms with E-state index in [0.717, 1.165) is 10.6 Å². The number of nitrogens with zero attached hydrogens (tertiary/aromatic N) is 2. The summed E-state index contributed by atoms with van der Waals surface area (Å²) in [4.78, 5) is 34.8. The Kier molecular flexibility index (Phi) is 2.77. The summed E-state index contributed by atoms with van der Waals surface area (Å²) in [6, 6.07) is 1.09. The number of carbonyl (C=O) groups is 3. The van der Waals surface area contributed by atoms with Crippen LogP contribution < -0.4 is 10.6 Å². The van der Waals surface area contributed by atoms with Crippen LogP contribution in [0.3, 0.4) is 0 Å². The molecular weight excluding hydrogens is 226 g/mol. The molecule has 0 aliphatic carbocycles. The first-order valence-corrected chi connectivity index (χ1v) is 4.96. The third-order valence-electron chi connectivity index (χ3n) is 2.21. The summed E-state index contributed by atoms with van der Waals surface area (Å²) in [5.74, 6) is -0.523. The number of hydrogen-bond acceptors (Lipinski definition) is 4. The van der Waals surface area contributed by atoms with Gasteiger partial charge in [-0.1, -0.05) is 0 Å². The van der Waals surface area contributed by atoms with Gasteiger partial charge in [0.1, 0.15) is 6.54 Å². The minimum atomic E-state index is -0.552. The van der Waals surface area contributed by atoms with E-state index in [1.165, 1.54) is 0 Å². The third kappa shape index (κ3) is 2.41. The fourth-order valence-electron chi connectivity index (χ4n) is 1.42. The van der Waals surface area contributed by atoms with Crippen molar-refractivity contribution in [1.82, 2.24) is 20.4 Å². The Labute approximate surface area is 96.4 Å². The Balaban J connectivity index is 1.93. The lowest BCUT2D eigenvalue weighted by atomic mass is 10.4. The summed E-state index contributed by atoms with van der Waals surface area (Å²) >= 11 is 0. The number of aromatic nitrogens is 2. The fraction of sp³-hybridized carbons (Fsp3) is 0.333. The fourth-order valence-corrected chi connectivity index (χ4v) is 1.42. The van der Waals surface area contributed by atoms with Gasteiger partial charge in [-0.2, -0.15) is 5.10 Å². The average Bonchev–Trinajstić information content (AvgIpc) is 2.79. The molecule has 1 aromatic rings. The van der Waals surface area contributed by atoms with Gasteiger partial charge in [-0.15, -0.1) is 0 Å². The van der Waals surface area contributed by atoms with Crippen LogP contribution in [0.15, 0.2) is 6.07 Å². The summed E-state index contributed by atoms with van der Waals surface area (Å²) in [7, 11) is 0. The molecule has 8 nitrogen and oxygen atoms in total. The van der Waals surface area contributed by atoms with Crippen molar-refractivity contribution in [3.05, 3.63) is 11.8 Å². The van der Waals surface area contributed by atoms with Crippen LogP contribution in [0.1, 0.15) is 5.69 Å². The van der Waals surface area contributed by atoms with Crippen LogP contribution in [0.4, 0.5) is 10.6 Å². The zero-order valence-electron chi connectivity index (χ0n) is 9.11. The monoisotopic (exact) mass is 237 g/mol. The Bertz CT molecular complexity index is 465. The molecule has 3 N–H and O–H groups in total. The van der Waals surface area contributed by atoms with E-state index in [0.29, 0.717) is 5.82 Å². The highest BCUT2D eigenvalue weighted by Crippen LogP contribution is 2.04. The first-order valence-electron chi connectivity index (χ1n) is 4.96. The smallest absolute Gasteiger partial charge is 0.325 e. The second-order valence-corrected chi connectivity index (χ2v) is 3.62. The molecule has 0 radical (unpaired) electrons. The lowest BCUT2D eigenvalue weighted by molar-refractivity contribution is -0.128. The Morgan fingerprint density at radius 3 is 2.88 bits per heavy atom. The summed E-state index contributed by atoms with van der Waals surface area (Å²) < 4.78 is 0. The van der Waals surface area contributed by atoms with E-state index in [1.54, 1.807) is 13.0 Å². The number of H-pyrrole nitrogens is 1. The number of nitrogens with one attached hydrogen (secondary N) is 3. The van der Waals surface area contributed by atoms with E-state index < -0.39 is 17.8 Å². The van der Waals surface area contributed by atoms with Crippen LogP contribution in [0, 0.1) is 6.92 Å². The SMILES string of the molecule is Cc1cc(NC(=O)CN2C(=O)CNC2=O)n[nH]1. The molecule has 0 unspecified atom stereocenters. The summed E-state index contributed by atoms with van der Waals surface area (Å²) in [5, 5.41) is 11.3. The van der Waals surface area contributed by atoms with Crippen LogP contribution >= 0.6 is 0 Å². The highest BCUT2D eigenvalue weighted by molar-refractivity contribution is 6.06. The number of anilines is 1. The van der Waals surface area contributed by atoms with Gasteiger partial charge >= 0.3 is 6.03 Å². The molecule has 0 atom stereocenters. The Hall–Kier alpha value is -2.38. The van der Waals surface area contributed by atoms with E-state index in [-0.39, 0.29) is 13.1 Å². The largest absolute Gasteiger partial charge is 0.329 e. The van der Waals surface area contributed by atoms with Crippen LogP contribution in [0.25, 0.3) is 0 Å². The number of amides is 4. The topological polar surface area (TPSA) is 107 Å². The third-order valence-corrected chi connectivity index (χ3v) is 2.21. The molecule has 17 heavy (non-hydrogen) atoms. The summed E-state index contributed by atoms with van der Waals surface area (Å²) in [6.45, 7) is 1.42. The van der Waals surface area contributed by atoms with Gasteiger partial charge in [0.2, 0.25) is 5.91 Å². The van der Waals surface area contributed by atoms with Crippen molar-refractivity contribution in [3.8, 4) is 0 Å². The molecule has 0 saturated carbocycles. The molecule has 1 aromatic heterocycles. The summed E-state index contributed by atoms with van der Waals surface area (Å²) in [5.41, 5.74) is 0.801. The van der Waals surface area contributed by atoms with Crippen LogP contribution in [0.5, 0.6) is 0 Å². The molecule has 8 heteroatoms. The standard InChI is InChI=1S/C9H11N5O3/c1-5-2-6(13-12-5)11-7(15)4-14-8(16)3-10-9(14)17/h2H,3-4H2,1H3,(H,10,17)(H2,11,12,13,15). The van der Waals surface area contributed by atoms with Crippen LogP contribution in [-0.4, -0.2) is 46.0 Å². The van der Waals surface area contributed by atoms with Gasteiger partial charge in [0.05, 0.1) is 6.54 Å². The molecular formula is C9H11N5O3. The maximum absolute atomic E-state index is 11.5. The molecule has 4 amide bonds. The van der Waals surface area contributed by atoms with Crippen molar-refractivity contribution >= 4 is 23.7 Å². The van der Waals surface area contributed by atoms with Gasteiger partial charge < -0.3 is 10.6 Å². The normalized spacial score (nSPS) is 15.0. The van der Waals surface area contributed by atoms with Crippen molar-refractivity contribution in [3.63, 3.8) is 0 Å². The van der Waals surface area contributed by atoms with Crippen molar-refractivity contribution < 1.29 is 14.4 Å². The molecule has 1 fully saturated rings. The minimum Gasteiger partial charge on any atom is -0.329 e. The molecule has 2 rings (SSSR count). The quantitative estimate of drug-likeness (QED) is 0.598. The number of aryl methyl sites for hydroxylation is 1. The van der Waals surface area contributed by atoms with Gasteiger partial charge in [-0.05, 0) is 6.92 Å². The van der Waals surface area contributed by atoms with Crippen molar-refractivity contribution in [2.24, 2.45) is 0 Å². The number of aromatic amines is 1. The highest BCUT2D eigenvalue weighted by atomic mass is 16.2. The molecule has 90 valence electrons. The van der Waals surface area contributed by atoms with Gasteiger partial charge in [-0.25, -0.2) is 4.79 Å². The van der Waals surface area contributed by atoms with E-state index in [2.05, 4.69) is 20.8 Å². The number of rotatable bonds is 3. The van der Waals surface area contributed by atoms with E-state index >= 15 is 0 Å². The summed E-state index contributed by atoms with van der Waals surface area (Å²) in [6.07, 6.45) is 0. The van der Waals surface area contributed by atoms with Crippen LogP contribution in [0.2, 0.25) is 0 Å². The minimum absolute atomic E-state index is 0.0619. The van der Waals surface area contributed by atoms with Gasteiger partial charge in [0.25, 0.3) is 5.91 Å². The molecule has 1 aliphatic heterocycles. The predicted molar refractivity (Wildman–Crippen MR) is 57.1 cm³/mol. The van der Waals surface area contributed by atoms with Crippen molar-refractivity contribution in [2.45, 2.75) is 6.92 Å². The first-order chi connectivity index (χ1) is 8.06. The van der Waals surface area contributed by atoms with E-state index in [9.17, 15) is 14.4 Å². The lowest BCUT2D eigenvalue weighted by Gasteiger charge is -2.10. The van der Waals surface area contributed by atoms with E-state index in [1.807, 2.05) is 0 Å². The predicted octanol–water partition coefficient (Wildman–Crippen LogP) is -0.792. The maximum Gasteiger partial charge on any atom is 0.325 e. The van der Waals surface area contributed by atoms with Gasteiger partial charge in [-0.3, -0.25) is 19.6 Å². The molecule has 1 aliphatic rings.